The van der Waals surface area contributed by atoms with Crippen molar-refractivity contribution in [2.75, 3.05) is 26.7 Å². The van der Waals surface area contributed by atoms with Crippen molar-refractivity contribution < 1.29 is 9.53 Å². The third kappa shape index (κ3) is 3.76. The van der Waals surface area contributed by atoms with E-state index >= 15 is 0 Å². The van der Waals surface area contributed by atoms with Crippen LogP contribution >= 0.6 is 11.3 Å². The number of ether oxygens (including phenoxy) is 1. The van der Waals surface area contributed by atoms with E-state index in [4.69, 9.17) is 4.74 Å². The zero-order valence-corrected chi connectivity index (χ0v) is 16.0. The maximum Gasteiger partial charge on any atom is 0.223 e. The van der Waals surface area contributed by atoms with E-state index in [0.717, 1.165) is 50.3 Å². The second-order valence-electron chi connectivity index (χ2n) is 7.48. The Balaban J connectivity index is 1.35. The lowest BCUT2D eigenvalue weighted by atomic mass is 9.77. The number of aromatic nitrogens is 1. The van der Waals surface area contributed by atoms with Crippen LogP contribution in [0.4, 0.5) is 0 Å². The highest BCUT2D eigenvalue weighted by molar-refractivity contribution is 7.09. The number of carbonyl (C=O) groups is 1. The standard InChI is InChI=1S/C20H25N3O2S/c1-25-17-4-2-3-16(11-17)13-23-15-20(12-19(23)24)5-8-22(9-6-20)14-18-21-7-10-26-18/h2-4,7,10-11H,5-6,8-9,12-15H2,1H3. The minimum atomic E-state index is 0.162. The molecule has 0 unspecified atom stereocenters. The van der Waals surface area contributed by atoms with Crippen LogP contribution in [0, 0.1) is 5.41 Å². The molecule has 0 radical (unpaired) electrons. The molecule has 6 heteroatoms. The molecule has 2 aliphatic rings. The van der Waals surface area contributed by atoms with Gasteiger partial charge in [0, 0.05) is 31.1 Å². The van der Waals surface area contributed by atoms with Crippen molar-refractivity contribution in [3.63, 3.8) is 0 Å². The monoisotopic (exact) mass is 371 g/mol. The quantitative estimate of drug-likeness (QED) is 0.810. The van der Waals surface area contributed by atoms with E-state index in [2.05, 4.69) is 16.0 Å². The highest BCUT2D eigenvalue weighted by Gasteiger charge is 2.44. The molecular formula is C20H25N3O2S. The van der Waals surface area contributed by atoms with Gasteiger partial charge in [0.05, 0.1) is 13.7 Å². The van der Waals surface area contributed by atoms with E-state index in [9.17, 15) is 4.79 Å². The van der Waals surface area contributed by atoms with Gasteiger partial charge in [0.2, 0.25) is 5.91 Å². The van der Waals surface area contributed by atoms with Gasteiger partial charge in [-0.3, -0.25) is 9.69 Å². The summed E-state index contributed by atoms with van der Waals surface area (Å²) in [4.78, 5) is 21.5. The fourth-order valence-corrected chi connectivity index (χ4v) is 4.82. The topological polar surface area (TPSA) is 45.7 Å². The number of thiazole rings is 1. The molecule has 0 aliphatic carbocycles. The molecule has 4 rings (SSSR count). The lowest BCUT2D eigenvalue weighted by Crippen LogP contribution is -2.41. The fourth-order valence-electron chi connectivity index (χ4n) is 4.16. The van der Waals surface area contributed by atoms with Gasteiger partial charge in [-0.15, -0.1) is 11.3 Å². The van der Waals surface area contributed by atoms with E-state index in [1.54, 1.807) is 18.4 Å². The number of piperidine rings is 1. The van der Waals surface area contributed by atoms with Crippen LogP contribution in [0.1, 0.15) is 29.8 Å². The predicted molar refractivity (Wildman–Crippen MR) is 102 cm³/mol. The Kier molecular flexibility index (Phi) is 4.96. The summed E-state index contributed by atoms with van der Waals surface area (Å²) in [5.74, 6) is 1.14. The highest BCUT2D eigenvalue weighted by Crippen LogP contribution is 2.41. The molecule has 1 spiro atoms. The summed E-state index contributed by atoms with van der Waals surface area (Å²) < 4.78 is 5.30. The van der Waals surface area contributed by atoms with Crippen molar-refractivity contribution in [1.82, 2.24) is 14.8 Å². The first-order valence-corrected chi connectivity index (χ1v) is 10.1. The Morgan fingerprint density at radius 1 is 1.27 bits per heavy atom. The first-order valence-electron chi connectivity index (χ1n) is 9.17. The van der Waals surface area contributed by atoms with Crippen LogP contribution in [0.25, 0.3) is 0 Å². The molecule has 0 N–H and O–H groups in total. The number of likely N-dealkylation sites (tertiary alicyclic amines) is 2. The molecule has 0 atom stereocenters. The van der Waals surface area contributed by atoms with Crippen LogP contribution in [0.15, 0.2) is 35.8 Å². The summed E-state index contributed by atoms with van der Waals surface area (Å²) in [5.41, 5.74) is 1.30. The van der Waals surface area contributed by atoms with Crippen molar-refractivity contribution in [1.29, 1.82) is 0 Å². The molecule has 5 nitrogen and oxygen atoms in total. The number of methoxy groups -OCH3 is 1. The highest BCUT2D eigenvalue weighted by atomic mass is 32.1. The summed E-state index contributed by atoms with van der Waals surface area (Å²) in [5, 5.41) is 3.22. The minimum Gasteiger partial charge on any atom is -0.497 e. The Hall–Kier alpha value is -1.92. The number of hydrogen-bond donors (Lipinski definition) is 0. The number of carbonyl (C=O) groups excluding carboxylic acids is 1. The maximum atomic E-state index is 12.6. The van der Waals surface area contributed by atoms with Crippen LogP contribution in [0.2, 0.25) is 0 Å². The van der Waals surface area contributed by atoms with Gasteiger partial charge in [-0.05, 0) is 49.0 Å². The SMILES string of the molecule is COc1cccc(CN2CC3(CCN(Cc4nccs4)CC3)CC2=O)c1. The molecule has 2 saturated heterocycles. The summed E-state index contributed by atoms with van der Waals surface area (Å²) in [6.07, 6.45) is 4.76. The van der Waals surface area contributed by atoms with Crippen molar-refractivity contribution in [2.45, 2.75) is 32.4 Å². The lowest BCUT2D eigenvalue weighted by Gasteiger charge is -2.38. The Morgan fingerprint density at radius 2 is 2.12 bits per heavy atom. The van der Waals surface area contributed by atoms with Gasteiger partial charge in [0.1, 0.15) is 10.8 Å². The Labute approximate surface area is 158 Å². The van der Waals surface area contributed by atoms with Crippen molar-refractivity contribution >= 4 is 17.2 Å². The summed E-state index contributed by atoms with van der Waals surface area (Å²) in [7, 11) is 1.68. The number of hydrogen-bond acceptors (Lipinski definition) is 5. The molecule has 1 aromatic heterocycles. The summed E-state index contributed by atoms with van der Waals surface area (Å²) >= 11 is 1.72. The van der Waals surface area contributed by atoms with Crippen LogP contribution < -0.4 is 4.74 Å². The van der Waals surface area contributed by atoms with Gasteiger partial charge in [-0.2, -0.15) is 0 Å². The first-order chi connectivity index (χ1) is 12.7. The molecule has 2 fully saturated rings. The normalized spacial score (nSPS) is 20.0. The Bertz CT molecular complexity index is 754. The van der Waals surface area contributed by atoms with Gasteiger partial charge in [0.25, 0.3) is 0 Å². The molecule has 2 aromatic rings. The number of amides is 1. The van der Waals surface area contributed by atoms with E-state index in [1.165, 1.54) is 5.01 Å². The zero-order chi connectivity index (χ0) is 18.0. The summed E-state index contributed by atoms with van der Waals surface area (Å²) in [6, 6.07) is 8.02. The lowest BCUT2D eigenvalue weighted by molar-refractivity contribution is -0.128. The van der Waals surface area contributed by atoms with Crippen molar-refractivity contribution in [3.05, 3.63) is 46.4 Å². The van der Waals surface area contributed by atoms with E-state index in [1.807, 2.05) is 34.7 Å². The summed E-state index contributed by atoms with van der Waals surface area (Å²) in [6.45, 7) is 4.61. The van der Waals surface area contributed by atoms with E-state index in [0.29, 0.717) is 18.9 Å². The van der Waals surface area contributed by atoms with Crippen LogP contribution in [-0.4, -0.2) is 47.4 Å². The van der Waals surface area contributed by atoms with Crippen LogP contribution in [-0.2, 0) is 17.9 Å². The van der Waals surface area contributed by atoms with Gasteiger partial charge in [0.15, 0.2) is 0 Å². The van der Waals surface area contributed by atoms with Gasteiger partial charge < -0.3 is 9.64 Å². The maximum absolute atomic E-state index is 12.6. The third-order valence-electron chi connectivity index (χ3n) is 5.67. The largest absolute Gasteiger partial charge is 0.497 e. The molecule has 0 saturated carbocycles. The number of nitrogens with zero attached hydrogens (tertiary/aromatic N) is 3. The van der Waals surface area contributed by atoms with Gasteiger partial charge >= 0.3 is 0 Å². The minimum absolute atomic E-state index is 0.162. The van der Waals surface area contributed by atoms with Crippen LogP contribution in [0.3, 0.4) is 0 Å². The zero-order valence-electron chi connectivity index (χ0n) is 15.2. The molecule has 1 amide bonds. The van der Waals surface area contributed by atoms with Crippen molar-refractivity contribution in [3.8, 4) is 5.75 Å². The molecule has 3 heterocycles. The molecule has 26 heavy (non-hydrogen) atoms. The van der Waals surface area contributed by atoms with Gasteiger partial charge in [-0.1, -0.05) is 12.1 Å². The second kappa shape index (κ2) is 7.37. The Morgan fingerprint density at radius 3 is 2.85 bits per heavy atom. The fraction of sp³-hybridized carbons (Fsp3) is 0.500. The average molecular weight is 372 g/mol. The molecular weight excluding hydrogens is 346 g/mol. The van der Waals surface area contributed by atoms with Crippen LogP contribution in [0.5, 0.6) is 5.75 Å². The first kappa shape index (κ1) is 17.5. The molecule has 0 bridgehead atoms. The van der Waals surface area contributed by atoms with Crippen molar-refractivity contribution in [2.24, 2.45) is 5.41 Å². The van der Waals surface area contributed by atoms with E-state index < -0.39 is 0 Å². The average Bonchev–Trinajstić information content (AvgIpc) is 3.26. The smallest absolute Gasteiger partial charge is 0.223 e. The molecule has 138 valence electrons. The second-order valence-corrected chi connectivity index (χ2v) is 8.46. The predicted octanol–water partition coefficient (Wildman–Crippen LogP) is 3.17. The molecule has 2 aliphatic heterocycles. The third-order valence-corrected chi connectivity index (χ3v) is 6.44. The van der Waals surface area contributed by atoms with Gasteiger partial charge in [-0.25, -0.2) is 4.98 Å². The molecule has 1 aromatic carbocycles. The van der Waals surface area contributed by atoms with E-state index in [-0.39, 0.29) is 5.41 Å². The number of benzene rings is 1. The number of rotatable bonds is 5.